The Bertz CT molecular complexity index is 966. The third-order valence-corrected chi connectivity index (χ3v) is 5.38. The maximum atomic E-state index is 12.4. The van der Waals surface area contributed by atoms with Gasteiger partial charge in [-0.3, -0.25) is 4.79 Å². The minimum absolute atomic E-state index is 0.0104. The van der Waals surface area contributed by atoms with Crippen LogP contribution in [0.2, 0.25) is 0 Å². The first-order valence-corrected chi connectivity index (χ1v) is 9.86. The van der Waals surface area contributed by atoms with Crippen LogP contribution in [0, 0.1) is 0 Å². The number of amides is 1. The van der Waals surface area contributed by atoms with Gasteiger partial charge in [-0.15, -0.1) is 0 Å². The summed E-state index contributed by atoms with van der Waals surface area (Å²) in [5, 5.41) is 11.2. The lowest BCUT2D eigenvalue weighted by Gasteiger charge is -2.40. The number of nitrogens with zero attached hydrogens (tertiary/aromatic N) is 4. The van der Waals surface area contributed by atoms with E-state index in [1.54, 1.807) is 6.33 Å². The number of anilines is 2. The van der Waals surface area contributed by atoms with Crippen molar-refractivity contribution in [3.63, 3.8) is 0 Å². The molecule has 1 aromatic heterocycles. The van der Waals surface area contributed by atoms with Crippen LogP contribution in [0.3, 0.4) is 0 Å². The fourth-order valence-electron chi connectivity index (χ4n) is 3.84. The average Bonchev–Trinajstić information content (AvgIpc) is 3.22. The highest BCUT2D eigenvalue weighted by molar-refractivity contribution is 5.76. The monoisotopic (exact) mass is 390 g/mol. The van der Waals surface area contributed by atoms with Crippen LogP contribution >= 0.6 is 0 Å². The van der Waals surface area contributed by atoms with Gasteiger partial charge in [0.05, 0.1) is 12.1 Å². The van der Waals surface area contributed by atoms with E-state index in [1.165, 1.54) is 0 Å². The standard InChI is InChI=1S/C22H26N6O/c1-4-18(29)25-20-19(15-10-12-17(13-11-15)27(2)3)26-22-23-14-24-28(22)21(20)16-8-6-5-7-9-16/h5-14,19-21H,4H2,1-3H3,(H,25,29)(H,23,24,26)/t19-,20-,21-/m1/s1. The molecule has 2 aromatic carbocycles. The fourth-order valence-corrected chi connectivity index (χ4v) is 3.84. The van der Waals surface area contributed by atoms with E-state index < -0.39 is 0 Å². The molecule has 7 heteroatoms. The van der Waals surface area contributed by atoms with Gasteiger partial charge in [0.2, 0.25) is 11.9 Å². The number of hydrogen-bond donors (Lipinski definition) is 2. The van der Waals surface area contributed by atoms with Crippen LogP contribution in [0.1, 0.15) is 36.6 Å². The summed E-state index contributed by atoms with van der Waals surface area (Å²) in [5.41, 5.74) is 3.30. The average molecular weight is 390 g/mol. The van der Waals surface area contributed by atoms with Crippen LogP contribution in [-0.2, 0) is 4.79 Å². The van der Waals surface area contributed by atoms with Crippen LogP contribution < -0.4 is 15.5 Å². The van der Waals surface area contributed by atoms with Gasteiger partial charge in [-0.05, 0) is 23.3 Å². The van der Waals surface area contributed by atoms with Gasteiger partial charge in [-0.1, -0.05) is 49.4 Å². The Morgan fingerprint density at radius 2 is 1.83 bits per heavy atom. The molecule has 2 N–H and O–H groups in total. The lowest BCUT2D eigenvalue weighted by atomic mass is 9.87. The first kappa shape index (κ1) is 19.0. The van der Waals surface area contributed by atoms with Gasteiger partial charge in [0.15, 0.2) is 0 Å². The SMILES string of the molecule is CCC(=O)N[C@@H]1[C@@H](c2ccc(N(C)C)cc2)Nc2ncnn2[C@@H]1c1ccccc1. The number of benzene rings is 2. The quantitative estimate of drug-likeness (QED) is 0.701. The predicted octanol–water partition coefficient (Wildman–Crippen LogP) is 3.00. The Morgan fingerprint density at radius 1 is 1.10 bits per heavy atom. The molecule has 0 aliphatic carbocycles. The van der Waals surface area contributed by atoms with Crippen LogP contribution in [-0.4, -0.2) is 40.8 Å². The Labute approximate surface area is 170 Å². The maximum Gasteiger partial charge on any atom is 0.222 e. The first-order valence-electron chi connectivity index (χ1n) is 9.86. The molecule has 0 bridgehead atoms. The summed E-state index contributed by atoms with van der Waals surface area (Å²) in [6.45, 7) is 1.87. The van der Waals surface area contributed by atoms with E-state index in [1.807, 2.05) is 43.9 Å². The van der Waals surface area contributed by atoms with Gasteiger partial charge >= 0.3 is 0 Å². The summed E-state index contributed by atoms with van der Waals surface area (Å²) in [6.07, 6.45) is 1.98. The number of aromatic nitrogens is 3. The summed E-state index contributed by atoms with van der Waals surface area (Å²) in [4.78, 5) is 18.9. The number of fused-ring (bicyclic) bond motifs is 1. The van der Waals surface area contributed by atoms with Crippen molar-refractivity contribution in [3.8, 4) is 0 Å². The minimum Gasteiger partial charge on any atom is -0.378 e. The number of carbonyl (C=O) groups excluding carboxylic acids is 1. The normalized spacial score (nSPS) is 20.4. The van der Waals surface area contributed by atoms with Gasteiger partial charge < -0.3 is 15.5 Å². The molecule has 2 heterocycles. The fraction of sp³-hybridized carbons (Fsp3) is 0.318. The van der Waals surface area contributed by atoms with Crippen LogP contribution in [0.4, 0.5) is 11.6 Å². The highest BCUT2D eigenvalue weighted by Crippen LogP contribution is 2.38. The molecule has 0 fully saturated rings. The third-order valence-electron chi connectivity index (χ3n) is 5.38. The summed E-state index contributed by atoms with van der Waals surface area (Å²) in [5.74, 6) is 0.707. The molecule has 0 unspecified atom stereocenters. The molecule has 4 rings (SSSR count). The van der Waals surface area contributed by atoms with Crippen molar-refractivity contribution in [1.82, 2.24) is 20.1 Å². The molecular formula is C22H26N6O. The van der Waals surface area contributed by atoms with Crippen LogP contribution in [0.25, 0.3) is 0 Å². The third kappa shape index (κ3) is 3.68. The van der Waals surface area contributed by atoms with Crippen molar-refractivity contribution in [2.24, 2.45) is 0 Å². The number of rotatable bonds is 5. The van der Waals surface area contributed by atoms with Gasteiger partial charge in [0.1, 0.15) is 12.4 Å². The largest absolute Gasteiger partial charge is 0.378 e. The maximum absolute atomic E-state index is 12.4. The van der Waals surface area contributed by atoms with Crippen molar-refractivity contribution in [2.45, 2.75) is 31.5 Å². The molecule has 29 heavy (non-hydrogen) atoms. The van der Waals surface area contributed by atoms with E-state index in [0.29, 0.717) is 12.4 Å². The van der Waals surface area contributed by atoms with E-state index in [0.717, 1.165) is 16.8 Å². The smallest absolute Gasteiger partial charge is 0.222 e. The molecule has 7 nitrogen and oxygen atoms in total. The molecule has 150 valence electrons. The summed E-state index contributed by atoms with van der Waals surface area (Å²) < 4.78 is 1.86. The van der Waals surface area contributed by atoms with Crippen LogP contribution in [0.15, 0.2) is 60.9 Å². The molecule has 1 aliphatic rings. The van der Waals surface area contributed by atoms with Gasteiger partial charge in [0, 0.05) is 26.2 Å². The Balaban J connectivity index is 1.80. The van der Waals surface area contributed by atoms with Crippen molar-refractivity contribution in [3.05, 3.63) is 72.1 Å². The van der Waals surface area contributed by atoms with Gasteiger partial charge in [0.25, 0.3) is 0 Å². The van der Waals surface area contributed by atoms with E-state index in [2.05, 4.69) is 62.0 Å². The second kappa shape index (κ2) is 7.95. The van der Waals surface area contributed by atoms with Crippen LogP contribution in [0.5, 0.6) is 0 Å². The predicted molar refractivity (Wildman–Crippen MR) is 114 cm³/mol. The number of hydrogen-bond acceptors (Lipinski definition) is 5. The van der Waals surface area contributed by atoms with E-state index in [9.17, 15) is 4.79 Å². The van der Waals surface area contributed by atoms with E-state index in [-0.39, 0.29) is 24.0 Å². The minimum atomic E-state index is -0.218. The highest BCUT2D eigenvalue weighted by Gasteiger charge is 2.40. The summed E-state index contributed by atoms with van der Waals surface area (Å²) in [6, 6.07) is 18.0. The van der Waals surface area contributed by atoms with Crippen molar-refractivity contribution in [2.75, 3.05) is 24.3 Å². The molecule has 1 amide bonds. The number of nitrogens with one attached hydrogen (secondary N) is 2. The van der Waals surface area contributed by atoms with Gasteiger partial charge in [-0.2, -0.15) is 10.1 Å². The molecule has 1 aliphatic heterocycles. The lowest BCUT2D eigenvalue weighted by Crippen LogP contribution is -2.51. The molecule has 3 aromatic rings. The van der Waals surface area contributed by atoms with Crippen molar-refractivity contribution < 1.29 is 4.79 Å². The molecule has 0 saturated carbocycles. The summed E-state index contributed by atoms with van der Waals surface area (Å²) in [7, 11) is 4.04. The van der Waals surface area contributed by atoms with E-state index in [4.69, 9.17) is 0 Å². The zero-order valence-corrected chi connectivity index (χ0v) is 16.9. The van der Waals surface area contributed by atoms with Crippen molar-refractivity contribution in [1.29, 1.82) is 0 Å². The van der Waals surface area contributed by atoms with Crippen molar-refractivity contribution >= 4 is 17.5 Å². The Morgan fingerprint density at radius 3 is 2.48 bits per heavy atom. The highest BCUT2D eigenvalue weighted by atomic mass is 16.1. The molecule has 0 spiro atoms. The first-order chi connectivity index (χ1) is 14.1. The zero-order chi connectivity index (χ0) is 20.4. The second-order valence-electron chi connectivity index (χ2n) is 7.44. The van der Waals surface area contributed by atoms with E-state index >= 15 is 0 Å². The lowest BCUT2D eigenvalue weighted by molar-refractivity contribution is -0.121. The van der Waals surface area contributed by atoms with Gasteiger partial charge in [-0.25, -0.2) is 4.68 Å². The Hall–Kier alpha value is -3.35. The molecule has 0 radical (unpaired) electrons. The molecule has 3 atom stereocenters. The zero-order valence-electron chi connectivity index (χ0n) is 16.9. The Kier molecular flexibility index (Phi) is 5.20. The topological polar surface area (TPSA) is 75.1 Å². The second-order valence-corrected chi connectivity index (χ2v) is 7.44. The number of carbonyl (C=O) groups is 1. The molecule has 0 saturated heterocycles. The molecular weight excluding hydrogens is 364 g/mol. The summed E-state index contributed by atoms with van der Waals surface area (Å²) >= 11 is 0.